The highest BCUT2D eigenvalue weighted by atomic mass is 79.9. The summed E-state index contributed by atoms with van der Waals surface area (Å²) < 4.78 is 1.05. The predicted molar refractivity (Wildman–Crippen MR) is 82.9 cm³/mol. The van der Waals surface area contributed by atoms with Crippen molar-refractivity contribution in [1.29, 1.82) is 0 Å². The number of carbonyl (C=O) groups is 1. The summed E-state index contributed by atoms with van der Waals surface area (Å²) >= 11 is 3.44. The van der Waals surface area contributed by atoms with E-state index in [1.807, 2.05) is 39.8 Å². The fourth-order valence-corrected chi connectivity index (χ4v) is 2.24. The fraction of sp³-hybridized carbons (Fsp3) is 0.533. The van der Waals surface area contributed by atoms with Crippen molar-refractivity contribution in [1.82, 2.24) is 5.32 Å². The maximum atomic E-state index is 12.0. The van der Waals surface area contributed by atoms with Crippen LogP contribution in [0.25, 0.3) is 0 Å². The minimum absolute atomic E-state index is 0.0650. The van der Waals surface area contributed by atoms with Crippen molar-refractivity contribution in [3.8, 4) is 0 Å². The molecule has 1 rings (SSSR count). The Morgan fingerprint density at radius 2 is 2.05 bits per heavy atom. The van der Waals surface area contributed by atoms with Crippen LogP contribution in [0.2, 0.25) is 0 Å². The normalized spacial score (nSPS) is 14.8. The number of rotatable bonds is 4. The van der Waals surface area contributed by atoms with E-state index in [1.165, 1.54) is 5.56 Å². The third-order valence-corrected chi connectivity index (χ3v) is 3.53. The summed E-state index contributed by atoms with van der Waals surface area (Å²) in [7, 11) is 0. The third-order valence-electron chi connectivity index (χ3n) is 3.04. The zero-order valence-electron chi connectivity index (χ0n) is 12.0. The zero-order valence-corrected chi connectivity index (χ0v) is 13.6. The van der Waals surface area contributed by atoms with E-state index in [-0.39, 0.29) is 17.4 Å². The molecule has 0 aromatic heterocycles. The minimum atomic E-state index is -0.488. The summed E-state index contributed by atoms with van der Waals surface area (Å²) in [5, 5.41) is 2.97. The first kappa shape index (κ1) is 16.2. The third kappa shape index (κ3) is 5.33. The highest BCUT2D eigenvalue weighted by molar-refractivity contribution is 9.10. The van der Waals surface area contributed by atoms with E-state index in [4.69, 9.17) is 5.73 Å². The molecular formula is C15H23BrN2O. The molecule has 1 unspecified atom stereocenters. The molecule has 0 radical (unpaired) electrons. The van der Waals surface area contributed by atoms with Gasteiger partial charge in [0.25, 0.3) is 0 Å². The lowest BCUT2D eigenvalue weighted by atomic mass is 9.87. The van der Waals surface area contributed by atoms with Crippen LogP contribution in [-0.2, 0) is 11.2 Å². The molecule has 1 aromatic carbocycles. The molecule has 0 aliphatic rings. The van der Waals surface area contributed by atoms with Gasteiger partial charge in [0.05, 0.1) is 6.04 Å². The smallest absolute Gasteiger partial charge is 0.237 e. The molecule has 0 heterocycles. The lowest BCUT2D eigenvalue weighted by molar-refractivity contribution is -0.125. The van der Waals surface area contributed by atoms with Gasteiger partial charge in [0, 0.05) is 10.5 Å². The van der Waals surface area contributed by atoms with Crippen molar-refractivity contribution in [2.45, 2.75) is 46.2 Å². The van der Waals surface area contributed by atoms with Gasteiger partial charge < -0.3 is 11.1 Å². The molecule has 3 nitrogen and oxygen atoms in total. The Hall–Kier alpha value is -0.870. The van der Waals surface area contributed by atoms with Gasteiger partial charge in [0.1, 0.15) is 0 Å². The van der Waals surface area contributed by atoms with Gasteiger partial charge in [0.2, 0.25) is 5.91 Å². The van der Waals surface area contributed by atoms with Crippen molar-refractivity contribution >= 4 is 21.8 Å². The largest absolute Gasteiger partial charge is 0.352 e. The summed E-state index contributed by atoms with van der Waals surface area (Å²) in [6.07, 6.45) is 0.794. The van der Waals surface area contributed by atoms with Crippen LogP contribution in [0.5, 0.6) is 0 Å². The number of carbonyl (C=O) groups excluding carboxylic acids is 1. The number of nitrogens with one attached hydrogen (secondary N) is 1. The van der Waals surface area contributed by atoms with Gasteiger partial charge in [-0.25, -0.2) is 0 Å². The van der Waals surface area contributed by atoms with Gasteiger partial charge in [-0.2, -0.15) is 0 Å². The van der Waals surface area contributed by atoms with Gasteiger partial charge in [-0.1, -0.05) is 48.8 Å². The molecule has 106 valence electrons. The molecule has 19 heavy (non-hydrogen) atoms. The topological polar surface area (TPSA) is 55.1 Å². The first-order chi connectivity index (χ1) is 8.70. The summed E-state index contributed by atoms with van der Waals surface area (Å²) in [5.41, 5.74) is 6.90. The van der Waals surface area contributed by atoms with Gasteiger partial charge in [0.15, 0.2) is 0 Å². The lowest BCUT2D eigenvalue weighted by Crippen LogP contribution is -2.51. The van der Waals surface area contributed by atoms with E-state index in [0.717, 1.165) is 10.9 Å². The average molecular weight is 327 g/mol. The van der Waals surface area contributed by atoms with Gasteiger partial charge in [-0.3, -0.25) is 4.79 Å². The van der Waals surface area contributed by atoms with E-state index in [2.05, 4.69) is 33.4 Å². The van der Waals surface area contributed by atoms with Crippen LogP contribution in [0.3, 0.4) is 0 Å². The molecular weight excluding hydrogens is 304 g/mol. The predicted octanol–water partition coefficient (Wildman–Crippen LogP) is 2.87. The van der Waals surface area contributed by atoms with Crippen LogP contribution < -0.4 is 11.1 Å². The highest BCUT2D eigenvalue weighted by Gasteiger charge is 2.28. The van der Waals surface area contributed by atoms with E-state index in [9.17, 15) is 4.79 Å². The number of benzene rings is 1. The monoisotopic (exact) mass is 326 g/mol. The summed E-state index contributed by atoms with van der Waals surface area (Å²) in [4.78, 5) is 12.0. The zero-order chi connectivity index (χ0) is 14.6. The Morgan fingerprint density at radius 1 is 1.42 bits per heavy atom. The van der Waals surface area contributed by atoms with Gasteiger partial charge in [-0.05, 0) is 36.5 Å². The molecule has 0 saturated heterocycles. The van der Waals surface area contributed by atoms with Crippen molar-refractivity contribution in [2.24, 2.45) is 11.1 Å². The number of hydrogen-bond acceptors (Lipinski definition) is 2. The van der Waals surface area contributed by atoms with Gasteiger partial charge in [-0.15, -0.1) is 0 Å². The first-order valence-corrected chi connectivity index (χ1v) is 7.30. The molecule has 0 aliphatic carbocycles. The number of nitrogens with two attached hydrogens (primary N) is 1. The number of amides is 1. The Labute approximate surface area is 124 Å². The highest BCUT2D eigenvalue weighted by Crippen LogP contribution is 2.18. The van der Waals surface area contributed by atoms with Crippen molar-refractivity contribution in [3.05, 3.63) is 34.3 Å². The summed E-state index contributed by atoms with van der Waals surface area (Å²) in [6.45, 7) is 7.90. The van der Waals surface area contributed by atoms with Crippen LogP contribution in [-0.4, -0.2) is 18.0 Å². The van der Waals surface area contributed by atoms with E-state index in [0.29, 0.717) is 0 Å². The van der Waals surface area contributed by atoms with Gasteiger partial charge >= 0.3 is 0 Å². The van der Waals surface area contributed by atoms with E-state index in [1.54, 1.807) is 0 Å². The first-order valence-electron chi connectivity index (χ1n) is 6.50. The van der Waals surface area contributed by atoms with Crippen LogP contribution >= 0.6 is 15.9 Å². The molecule has 2 atom stereocenters. The molecule has 1 aromatic rings. The second kappa shape index (κ2) is 6.53. The van der Waals surface area contributed by atoms with E-state index < -0.39 is 6.04 Å². The van der Waals surface area contributed by atoms with Crippen molar-refractivity contribution in [3.63, 3.8) is 0 Å². The maximum Gasteiger partial charge on any atom is 0.237 e. The summed E-state index contributed by atoms with van der Waals surface area (Å²) in [5.74, 6) is -0.0880. The molecule has 3 N–H and O–H groups in total. The Kier molecular flexibility index (Phi) is 5.56. The summed E-state index contributed by atoms with van der Waals surface area (Å²) in [6, 6.07) is 7.67. The number of halogens is 1. The molecule has 1 amide bonds. The molecule has 0 bridgehead atoms. The molecule has 0 spiro atoms. The molecule has 0 aliphatic heterocycles. The van der Waals surface area contributed by atoms with Crippen molar-refractivity contribution in [2.75, 3.05) is 0 Å². The number of hydrogen-bond donors (Lipinski definition) is 2. The second-order valence-electron chi connectivity index (χ2n) is 6.09. The SMILES string of the molecule is CC(Cc1cccc(Br)c1)NC(=O)[C@@H](N)C(C)(C)C. The van der Waals surface area contributed by atoms with Crippen LogP contribution in [0, 0.1) is 5.41 Å². The maximum absolute atomic E-state index is 12.0. The Bertz CT molecular complexity index is 440. The second-order valence-corrected chi connectivity index (χ2v) is 7.00. The minimum Gasteiger partial charge on any atom is -0.352 e. The average Bonchev–Trinajstić information content (AvgIpc) is 2.26. The lowest BCUT2D eigenvalue weighted by Gasteiger charge is -2.27. The van der Waals surface area contributed by atoms with E-state index >= 15 is 0 Å². The van der Waals surface area contributed by atoms with Crippen LogP contribution in [0.4, 0.5) is 0 Å². The van der Waals surface area contributed by atoms with Crippen LogP contribution in [0.1, 0.15) is 33.3 Å². The molecule has 4 heteroatoms. The molecule has 0 saturated carbocycles. The standard InChI is InChI=1S/C15H23BrN2O/c1-10(8-11-6-5-7-12(16)9-11)18-14(19)13(17)15(2,3)4/h5-7,9-10,13H,8,17H2,1-4H3,(H,18,19)/t10?,13-/m1/s1. The fourth-order valence-electron chi connectivity index (χ4n) is 1.79. The molecule has 0 fully saturated rings. The Morgan fingerprint density at radius 3 is 2.58 bits per heavy atom. The quantitative estimate of drug-likeness (QED) is 0.893. The Balaban J connectivity index is 2.56. The van der Waals surface area contributed by atoms with Crippen molar-refractivity contribution < 1.29 is 4.79 Å². The van der Waals surface area contributed by atoms with Crippen LogP contribution in [0.15, 0.2) is 28.7 Å².